The van der Waals surface area contributed by atoms with Crippen LogP contribution in [0, 0.1) is 5.82 Å². The van der Waals surface area contributed by atoms with E-state index < -0.39 is 6.10 Å². The first kappa shape index (κ1) is 15.9. The summed E-state index contributed by atoms with van der Waals surface area (Å²) in [6, 6.07) is 4.85. The fourth-order valence-corrected chi connectivity index (χ4v) is 1.58. The summed E-state index contributed by atoms with van der Waals surface area (Å²) in [7, 11) is 1.63. The van der Waals surface area contributed by atoms with E-state index in [-0.39, 0.29) is 11.6 Å². The predicted molar refractivity (Wildman–Crippen MR) is 71.8 cm³/mol. The molecule has 5 heteroatoms. The Balaban J connectivity index is 2.56. The van der Waals surface area contributed by atoms with Crippen molar-refractivity contribution in [3.63, 3.8) is 0 Å². The predicted octanol–water partition coefficient (Wildman–Crippen LogP) is 1.71. The van der Waals surface area contributed by atoms with Gasteiger partial charge in [0, 0.05) is 32.2 Å². The van der Waals surface area contributed by atoms with Crippen molar-refractivity contribution < 1.29 is 19.0 Å². The molecule has 0 amide bonds. The Morgan fingerprint density at radius 1 is 1.37 bits per heavy atom. The molecule has 1 aromatic rings. The SMILES string of the molecule is COCCNCc1cccc(F)c1OCCC(C)O. The zero-order valence-corrected chi connectivity index (χ0v) is 11.5. The molecule has 1 atom stereocenters. The van der Waals surface area contributed by atoms with Crippen molar-refractivity contribution in [3.05, 3.63) is 29.6 Å². The number of hydrogen-bond acceptors (Lipinski definition) is 4. The highest BCUT2D eigenvalue weighted by Gasteiger charge is 2.10. The normalized spacial score (nSPS) is 12.4. The molecule has 1 rings (SSSR count). The Labute approximate surface area is 113 Å². The summed E-state index contributed by atoms with van der Waals surface area (Å²) in [4.78, 5) is 0. The average molecular weight is 271 g/mol. The van der Waals surface area contributed by atoms with Crippen molar-refractivity contribution in [1.82, 2.24) is 5.32 Å². The quantitative estimate of drug-likeness (QED) is 0.671. The van der Waals surface area contributed by atoms with Gasteiger partial charge < -0.3 is 19.9 Å². The minimum Gasteiger partial charge on any atom is -0.490 e. The van der Waals surface area contributed by atoms with Crippen molar-refractivity contribution in [1.29, 1.82) is 0 Å². The molecule has 0 aromatic heterocycles. The van der Waals surface area contributed by atoms with Gasteiger partial charge in [0.15, 0.2) is 11.6 Å². The second-order valence-electron chi connectivity index (χ2n) is 4.38. The van der Waals surface area contributed by atoms with Gasteiger partial charge in [0.05, 0.1) is 19.3 Å². The van der Waals surface area contributed by atoms with Gasteiger partial charge in [0.1, 0.15) is 0 Å². The average Bonchev–Trinajstić information content (AvgIpc) is 2.37. The second kappa shape index (κ2) is 8.85. The number of halogens is 1. The molecular weight excluding hydrogens is 249 g/mol. The molecule has 0 aliphatic carbocycles. The van der Waals surface area contributed by atoms with E-state index in [4.69, 9.17) is 14.6 Å². The molecule has 0 spiro atoms. The topological polar surface area (TPSA) is 50.7 Å². The minimum atomic E-state index is -0.449. The highest BCUT2D eigenvalue weighted by molar-refractivity contribution is 5.34. The number of hydrogen-bond donors (Lipinski definition) is 2. The molecule has 0 fully saturated rings. The van der Waals surface area contributed by atoms with Gasteiger partial charge in [-0.25, -0.2) is 4.39 Å². The monoisotopic (exact) mass is 271 g/mol. The van der Waals surface area contributed by atoms with Crippen LogP contribution in [0.1, 0.15) is 18.9 Å². The maximum atomic E-state index is 13.7. The third-order valence-corrected chi connectivity index (χ3v) is 2.63. The number of para-hydroxylation sites is 1. The molecule has 108 valence electrons. The molecule has 0 radical (unpaired) electrons. The number of nitrogens with one attached hydrogen (secondary N) is 1. The number of benzene rings is 1. The van der Waals surface area contributed by atoms with Crippen molar-refractivity contribution in [2.45, 2.75) is 26.0 Å². The fraction of sp³-hybridized carbons (Fsp3) is 0.571. The van der Waals surface area contributed by atoms with Gasteiger partial charge in [-0.2, -0.15) is 0 Å². The molecule has 1 aromatic carbocycles. The van der Waals surface area contributed by atoms with Crippen LogP contribution >= 0.6 is 0 Å². The van der Waals surface area contributed by atoms with Gasteiger partial charge in [0.25, 0.3) is 0 Å². The number of aliphatic hydroxyl groups excluding tert-OH is 1. The summed E-state index contributed by atoms with van der Waals surface area (Å²) >= 11 is 0. The van der Waals surface area contributed by atoms with E-state index in [2.05, 4.69) is 5.32 Å². The van der Waals surface area contributed by atoms with E-state index in [0.717, 1.165) is 5.56 Å². The fourth-order valence-electron chi connectivity index (χ4n) is 1.58. The Hall–Kier alpha value is -1.17. The molecule has 0 saturated carbocycles. The Bertz CT molecular complexity index is 372. The van der Waals surface area contributed by atoms with Crippen LogP contribution in [0.4, 0.5) is 4.39 Å². The number of ether oxygens (including phenoxy) is 2. The summed E-state index contributed by atoms with van der Waals surface area (Å²) in [5.74, 6) is -0.121. The zero-order valence-electron chi connectivity index (χ0n) is 11.5. The molecule has 0 bridgehead atoms. The molecule has 0 heterocycles. The minimum absolute atomic E-state index is 0.257. The first-order valence-electron chi connectivity index (χ1n) is 6.43. The zero-order chi connectivity index (χ0) is 14.1. The van der Waals surface area contributed by atoms with Crippen LogP contribution < -0.4 is 10.1 Å². The van der Waals surface area contributed by atoms with E-state index in [0.29, 0.717) is 32.7 Å². The van der Waals surface area contributed by atoms with E-state index in [9.17, 15) is 4.39 Å². The van der Waals surface area contributed by atoms with Crippen LogP contribution in [0.2, 0.25) is 0 Å². The van der Waals surface area contributed by atoms with Gasteiger partial charge in [0.2, 0.25) is 0 Å². The molecule has 0 saturated heterocycles. The summed E-state index contributed by atoms with van der Waals surface area (Å²) in [5.41, 5.74) is 0.765. The lowest BCUT2D eigenvalue weighted by Gasteiger charge is -2.13. The van der Waals surface area contributed by atoms with Crippen LogP contribution in [0.15, 0.2) is 18.2 Å². The third kappa shape index (κ3) is 6.00. The van der Waals surface area contributed by atoms with E-state index in [1.807, 2.05) is 6.07 Å². The standard InChI is InChI=1S/C14H22FNO3/c1-11(17)6-8-19-14-12(4-3-5-13(14)15)10-16-7-9-18-2/h3-5,11,16-17H,6-10H2,1-2H3. The molecule has 0 aliphatic heterocycles. The van der Waals surface area contributed by atoms with Gasteiger partial charge in [-0.15, -0.1) is 0 Å². The van der Waals surface area contributed by atoms with Crippen LogP contribution in [-0.4, -0.2) is 38.1 Å². The third-order valence-electron chi connectivity index (χ3n) is 2.63. The van der Waals surface area contributed by atoms with Crippen LogP contribution in [0.3, 0.4) is 0 Å². The number of rotatable bonds is 9. The number of methoxy groups -OCH3 is 1. The first-order chi connectivity index (χ1) is 9.15. The summed E-state index contributed by atoms with van der Waals surface area (Å²) in [6.07, 6.45) is 0.0280. The molecule has 0 aliphatic rings. The van der Waals surface area contributed by atoms with Crippen LogP contribution in [-0.2, 0) is 11.3 Å². The lowest BCUT2D eigenvalue weighted by Crippen LogP contribution is -2.19. The molecule has 4 nitrogen and oxygen atoms in total. The van der Waals surface area contributed by atoms with E-state index in [1.54, 1.807) is 20.1 Å². The molecule has 1 unspecified atom stereocenters. The summed E-state index contributed by atoms with van der Waals surface area (Å²) in [5, 5.41) is 12.3. The largest absolute Gasteiger partial charge is 0.490 e. The Morgan fingerprint density at radius 3 is 2.84 bits per heavy atom. The highest BCUT2D eigenvalue weighted by Crippen LogP contribution is 2.22. The summed E-state index contributed by atoms with van der Waals surface area (Å²) in [6.45, 7) is 3.79. The van der Waals surface area contributed by atoms with Gasteiger partial charge in [-0.3, -0.25) is 0 Å². The smallest absolute Gasteiger partial charge is 0.165 e. The van der Waals surface area contributed by atoms with Crippen LogP contribution in [0.5, 0.6) is 5.75 Å². The van der Waals surface area contributed by atoms with Gasteiger partial charge in [-0.1, -0.05) is 12.1 Å². The summed E-state index contributed by atoms with van der Waals surface area (Å²) < 4.78 is 24.1. The first-order valence-corrected chi connectivity index (χ1v) is 6.43. The van der Waals surface area contributed by atoms with Crippen LogP contribution in [0.25, 0.3) is 0 Å². The van der Waals surface area contributed by atoms with Gasteiger partial charge >= 0.3 is 0 Å². The van der Waals surface area contributed by atoms with E-state index >= 15 is 0 Å². The lowest BCUT2D eigenvalue weighted by molar-refractivity contribution is 0.153. The maximum Gasteiger partial charge on any atom is 0.165 e. The maximum absolute atomic E-state index is 13.7. The van der Waals surface area contributed by atoms with E-state index in [1.165, 1.54) is 6.07 Å². The molecule has 2 N–H and O–H groups in total. The number of aliphatic hydroxyl groups is 1. The van der Waals surface area contributed by atoms with Crippen molar-refractivity contribution in [3.8, 4) is 5.75 Å². The van der Waals surface area contributed by atoms with Crippen molar-refractivity contribution >= 4 is 0 Å². The molecule has 19 heavy (non-hydrogen) atoms. The Morgan fingerprint density at radius 2 is 2.16 bits per heavy atom. The van der Waals surface area contributed by atoms with Gasteiger partial charge in [-0.05, 0) is 13.0 Å². The van der Waals surface area contributed by atoms with Crippen molar-refractivity contribution in [2.24, 2.45) is 0 Å². The van der Waals surface area contributed by atoms with Crippen molar-refractivity contribution in [2.75, 3.05) is 26.9 Å². The highest BCUT2D eigenvalue weighted by atomic mass is 19.1. The Kier molecular flexibility index (Phi) is 7.40. The second-order valence-corrected chi connectivity index (χ2v) is 4.38. The molecular formula is C14H22FNO3. The lowest BCUT2D eigenvalue weighted by atomic mass is 10.2.